The van der Waals surface area contributed by atoms with Gasteiger partial charge in [0, 0.05) is 27.8 Å². The molecule has 0 bridgehead atoms. The maximum atomic E-state index is 5.32. The molecule has 0 atom stereocenters. The van der Waals surface area contributed by atoms with Gasteiger partial charge in [-0.3, -0.25) is 0 Å². The number of rotatable bonds is 6. The van der Waals surface area contributed by atoms with Gasteiger partial charge in [-0.1, -0.05) is 17.7 Å². The van der Waals surface area contributed by atoms with Crippen molar-refractivity contribution in [3.63, 3.8) is 0 Å². The van der Waals surface area contributed by atoms with Crippen molar-refractivity contribution in [2.45, 2.75) is 39.6 Å². The Balaban J connectivity index is 2.86. The molecule has 0 fully saturated rings. The fourth-order valence-electron chi connectivity index (χ4n) is 2.44. The third-order valence-electron chi connectivity index (χ3n) is 3.45. The van der Waals surface area contributed by atoms with Gasteiger partial charge in [0.15, 0.2) is 0 Å². The van der Waals surface area contributed by atoms with Gasteiger partial charge in [-0.2, -0.15) is 0 Å². The molecule has 18 heavy (non-hydrogen) atoms. The van der Waals surface area contributed by atoms with Crippen LogP contribution in [0, 0.1) is 20.8 Å². The minimum absolute atomic E-state index is 0.668. The highest BCUT2D eigenvalue weighted by Crippen LogP contribution is 2.24. The summed E-state index contributed by atoms with van der Waals surface area (Å²) in [6.45, 7) is 6.40. The number of methoxy groups -OCH3 is 3. The van der Waals surface area contributed by atoms with Gasteiger partial charge in [0.25, 0.3) is 5.97 Å². The van der Waals surface area contributed by atoms with Crippen LogP contribution in [0.2, 0.25) is 0 Å². The Kier molecular flexibility index (Phi) is 5.32. The lowest BCUT2D eigenvalue weighted by Crippen LogP contribution is -2.36. The molecule has 0 heterocycles. The number of hydrogen-bond donors (Lipinski definition) is 0. The maximum Gasteiger partial charge on any atom is 0.282 e. The Bertz CT molecular complexity index is 363. The highest BCUT2D eigenvalue weighted by molar-refractivity contribution is 5.37. The average molecular weight is 252 g/mol. The standard InChI is InChI=1S/C15H24O3/c1-11-9-12(2)14(13(3)10-11)7-8-15(16-4,17-5)18-6/h9-10H,7-8H2,1-6H3. The van der Waals surface area contributed by atoms with Gasteiger partial charge in [-0.25, -0.2) is 0 Å². The van der Waals surface area contributed by atoms with Gasteiger partial charge in [0.05, 0.1) is 0 Å². The van der Waals surface area contributed by atoms with Crippen LogP contribution in [-0.2, 0) is 20.6 Å². The van der Waals surface area contributed by atoms with Crippen LogP contribution in [-0.4, -0.2) is 27.3 Å². The predicted octanol–water partition coefficient (Wildman–Crippen LogP) is 3.14. The van der Waals surface area contributed by atoms with Crippen molar-refractivity contribution in [3.05, 3.63) is 34.4 Å². The second kappa shape index (κ2) is 6.32. The number of ether oxygens (including phenoxy) is 3. The molecule has 102 valence electrons. The molecule has 3 nitrogen and oxygen atoms in total. The second-order valence-corrected chi connectivity index (χ2v) is 4.67. The molecule has 3 heteroatoms. The van der Waals surface area contributed by atoms with E-state index < -0.39 is 5.97 Å². The van der Waals surface area contributed by atoms with Gasteiger partial charge >= 0.3 is 0 Å². The van der Waals surface area contributed by atoms with Gasteiger partial charge < -0.3 is 14.2 Å². The Morgan fingerprint density at radius 2 is 1.33 bits per heavy atom. The number of hydrogen-bond acceptors (Lipinski definition) is 3. The first-order valence-corrected chi connectivity index (χ1v) is 6.20. The topological polar surface area (TPSA) is 27.7 Å². The van der Waals surface area contributed by atoms with Crippen LogP contribution in [0.15, 0.2) is 12.1 Å². The van der Waals surface area contributed by atoms with Crippen molar-refractivity contribution in [2.75, 3.05) is 21.3 Å². The first-order chi connectivity index (χ1) is 8.48. The van der Waals surface area contributed by atoms with E-state index >= 15 is 0 Å². The molecule has 0 amide bonds. The Hall–Kier alpha value is -0.900. The first kappa shape index (κ1) is 15.2. The van der Waals surface area contributed by atoms with Gasteiger partial charge in [0.2, 0.25) is 0 Å². The number of aryl methyl sites for hydroxylation is 3. The van der Waals surface area contributed by atoms with E-state index in [-0.39, 0.29) is 0 Å². The minimum Gasteiger partial charge on any atom is -0.331 e. The molecule has 1 aromatic rings. The van der Waals surface area contributed by atoms with E-state index in [0.717, 1.165) is 6.42 Å². The van der Waals surface area contributed by atoms with Gasteiger partial charge in [0.1, 0.15) is 0 Å². The molecule has 0 spiro atoms. The van der Waals surface area contributed by atoms with Crippen molar-refractivity contribution in [3.8, 4) is 0 Å². The van der Waals surface area contributed by atoms with Crippen molar-refractivity contribution in [2.24, 2.45) is 0 Å². The van der Waals surface area contributed by atoms with E-state index in [0.29, 0.717) is 6.42 Å². The zero-order valence-electron chi connectivity index (χ0n) is 12.3. The van der Waals surface area contributed by atoms with Crippen LogP contribution in [0.25, 0.3) is 0 Å². The fraction of sp³-hybridized carbons (Fsp3) is 0.600. The summed E-state index contributed by atoms with van der Waals surface area (Å²) in [4.78, 5) is 0. The molecule has 0 unspecified atom stereocenters. The van der Waals surface area contributed by atoms with Gasteiger partial charge in [-0.15, -0.1) is 0 Å². The van der Waals surface area contributed by atoms with Crippen LogP contribution in [0.3, 0.4) is 0 Å². The summed E-state index contributed by atoms with van der Waals surface area (Å²) in [6, 6.07) is 4.41. The summed E-state index contributed by atoms with van der Waals surface area (Å²) < 4.78 is 16.0. The molecular weight excluding hydrogens is 228 g/mol. The summed E-state index contributed by atoms with van der Waals surface area (Å²) in [6.07, 6.45) is 1.54. The van der Waals surface area contributed by atoms with Crippen molar-refractivity contribution in [1.82, 2.24) is 0 Å². The predicted molar refractivity (Wildman–Crippen MR) is 72.7 cm³/mol. The highest BCUT2D eigenvalue weighted by Gasteiger charge is 2.29. The van der Waals surface area contributed by atoms with E-state index in [1.165, 1.54) is 22.3 Å². The highest BCUT2D eigenvalue weighted by atomic mass is 16.9. The fourth-order valence-corrected chi connectivity index (χ4v) is 2.44. The van der Waals surface area contributed by atoms with Crippen molar-refractivity contribution >= 4 is 0 Å². The van der Waals surface area contributed by atoms with E-state index in [1.54, 1.807) is 21.3 Å². The van der Waals surface area contributed by atoms with Crippen LogP contribution < -0.4 is 0 Å². The molecule has 0 N–H and O–H groups in total. The van der Waals surface area contributed by atoms with Crippen LogP contribution in [0.1, 0.15) is 28.7 Å². The first-order valence-electron chi connectivity index (χ1n) is 6.20. The van der Waals surface area contributed by atoms with E-state index in [1.807, 2.05) is 0 Å². The maximum absolute atomic E-state index is 5.32. The molecule has 0 radical (unpaired) electrons. The molecule has 0 aliphatic carbocycles. The summed E-state index contributed by atoms with van der Waals surface area (Å²) in [5, 5.41) is 0. The summed E-state index contributed by atoms with van der Waals surface area (Å²) >= 11 is 0. The summed E-state index contributed by atoms with van der Waals surface area (Å²) in [5.41, 5.74) is 5.26. The number of benzene rings is 1. The summed E-state index contributed by atoms with van der Waals surface area (Å²) in [7, 11) is 4.80. The lowest BCUT2D eigenvalue weighted by Gasteiger charge is -2.29. The smallest absolute Gasteiger partial charge is 0.282 e. The molecule has 1 rings (SSSR count). The third-order valence-corrected chi connectivity index (χ3v) is 3.45. The minimum atomic E-state index is -0.941. The molecule has 0 aliphatic heterocycles. The molecule has 0 saturated heterocycles. The Labute approximate surface area is 110 Å². The zero-order chi connectivity index (χ0) is 13.8. The SMILES string of the molecule is COC(CCc1c(C)cc(C)cc1C)(OC)OC. The monoisotopic (exact) mass is 252 g/mol. The lowest BCUT2D eigenvalue weighted by atomic mass is 9.96. The van der Waals surface area contributed by atoms with E-state index in [4.69, 9.17) is 14.2 Å². The average Bonchev–Trinajstić information content (AvgIpc) is 2.33. The third kappa shape index (κ3) is 3.31. The molecular formula is C15H24O3. The normalized spacial score (nSPS) is 11.9. The lowest BCUT2D eigenvalue weighted by molar-refractivity contribution is -0.354. The molecule has 0 aliphatic rings. The quantitative estimate of drug-likeness (QED) is 0.728. The van der Waals surface area contributed by atoms with Crippen LogP contribution in [0.4, 0.5) is 0 Å². The second-order valence-electron chi connectivity index (χ2n) is 4.67. The van der Waals surface area contributed by atoms with E-state index in [9.17, 15) is 0 Å². The molecule has 0 aromatic heterocycles. The summed E-state index contributed by atoms with van der Waals surface area (Å²) in [5.74, 6) is -0.941. The van der Waals surface area contributed by atoms with Crippen molar-refractivity contribution < 1.29 is 14.2 Å². The zero-order valence-corrected chi connectivity index (χ0v) is 12.3. The van der Waals surface area contributed by atoms with Gasteiger partial charge in [-0.05, 0) is 43.9 Å². The Morgan fingerprint density at radius 1 is 0.889 bits per heavy atom. The molecule has 1 aromatic carbocycles. The van der Waals surface area contributed by atoms with Crippen LogP contribution >= 0.6 is 0 Å². The molecule has 0 saturated carbocycles. The largest absolute Gasteiger partial charge is 0.331 e. The van der Waals surface area contributed by atoms with E-state index in [2.05, 4.69) is 32.9 Å². The Morgan fingerprint density at radius 3 is 1.72 bits per heavy atom. The van der Waals surface area contributed by atoms with Crippen molar-refractivity contribution in [1.29, 1.82) is 0 Å². The van der Waals surface area contributed by atoms with Crippen LogP contribution in [0.5, 0.6) is 0 Å².